The van der Waals surface area contributed by atoms with Crippen molar-refractivity contribution in [3.05, 3.63) is 76.8 Å². The average molecular weight is 330 g/mol. The predicted octanol–water partition coefficient (Wildman–Crippen LogP) is 5.33. The number of hydrogen-bond donors (Lipinski definition) is 0. The van der Waals surface area contributed by atoms with Crippen LogP contribution in [-0.2, 0) is 25.8 Å². The largest absolute Gasteiger partial charge is 0.344 e. The Morgan fingerprint density at radius 1 is 1.12 bits per heavy atom. The van der Waals surface area contributed by atoms with Crippen LogP contribution in [0.3, 0.4) is 0 Å². The van der Waals surface area contributed by atoms with Crippen molar-refractivity contribution in [3.8, 4) is 0 Å². The number of nitrogens with zero attached hydrogens (tertiary/aromatic N) is 2. The lowest BCUT2D eigenvalue weighted by Crippen LogP contribution is -2.10. The molecule has 2 nitrogen and oxygen atoms in total. The van der Waals surface area contributed by atoms with Crippen LogP contribution in [0.5, 0.6) is 0 Å². The van der Waals surface area contributed by atoms with Crippen LogP contribution in [0.2, 0.25) is 0 Å². The van der Waals surface area contributed by atoms with Crippen LogP contribution in [0.4, 0.5) is 0 Å². The summed E-state index contributed by atoms with van der Waals surface area (Å²) < 4.78 is 2.55. The molecule has 0 spiro atoms. The van der Waals surface area contributed by atoms with E-state index in [9.17, 15) is 0 Å². The highest BCUT2D eigenvalue weighted by Gasteiger charge is 2.21. The van der Waals surface area contributed by atoms with Crippen molar-refractivity contribution < 1.29 is 0 Å². The predicted molar refractivity (Wildman–Crippen MR) is 105 cm³/mol. The molecule has 2 heterocycles. The van der Waals surface area contributed by atoms with Crippen molar-refractivity contribution >= 4 is 10.9 Å². The van der Waals surface area contributed by atoms with Crippen LogP contribution < -0.4 is 0 Å². The normalized spacial score (nSPS) is 14.1. The van der Waals surface area contributed by atoms with E-state index in [2.05, 4.69) is 53.4 Å². The molecule has 0 fully saturated rings. The molecule has 128 valence electrons. The third-order valence-corrected chi connectivity index (χ3v) is 5.41. The zero-order valence-corrected chi connectivity index (χ0v) is 15.3. The highest BCUT2D eigenvalue weighted by Crippen LogP contribution is 2.34. The molecule has 3 aromatic rings. The van der Waals surface area contributed by atoms with Gasteiger partial charge in [0.2, 0.25) is 0 Å². The van der Waals surface area contributed by atoms with E-state index < -0.39 is 0 Å². The minimum atomic E-state index is 1.04. The SMILES string of the molecule is C=C1CCc2c(n(CCCc3ccc(C)nc3)c3ccc(C)cc23)C1. The summed E-state index contributed by atoms with van der Waals surface area (Å²) in [5.41, 5.74) is 9.59. The zero-order chi connectivity index (χ0) is 17.4. The van der Waals surface area contributed by atoms with Crippen molar-refractivity contribution in [1.82, 2.24) is 9.55 Å². The Kier molecular flexibility index (Phi) is 4.20. The van der Waals surface area contributed by atoms with E-state index in [1.807, 2.05) is 13.1 Å². The van der Waals surface area contributed by atoms with E-state index in [1.165, 1.54) is 33.3 Å². The summed E-state index contributed by atoms with van der Waals surface area (Å²) in [6.45, 7) is 9.55. The first-order valence-corrected chi connectivity index (χ1v) is 9.30. The first kappa shape index (κ1) is 16.1. The number of hydrogen-bond acceptors (Lipinski definition) is 1. The molecule has 4 rings (SSSR count). The quantitative estimate of drug-likeness (QED) is 0.591. The van der Waals surface area contributed by atoms with Gasteiger partial charge in [0.1, 0.15) is 0 Å². The molecule has 2 heteroatoms. The molecular formula is C23H26N2. The molecule has 0 bridgehead atoms. The van der Waals surface area contributed by atoms with Crippen molar-refractivity contribution in [2.24, 2.45) is 0 Å². The zero-order valence-electron chi connectivity index (χ0n) is 15.3. The van der Waals surface area contributed by atoms with Crippen molar-refractivity contribution in [1.29, 1.82) is 0 Å². The second kappa shape index (κ2) is 6.51. The maximum atomic E-state index is 4.42. The molecule has 0 atom stereocenters. The Morgan fingerprint density at radius 2 is 2.00 bits per heavy atom. The fraction of sp³-hybridized carbons (Fsp3) is 0.348. The molecular weight excluding hydrogens is 304 g/mol. The number of benzene rings is 1. The number of pyridine rings is 1. The third-order valence-electron chi connectivity index (χ3n) is 5.41. The average Bonchev–Trinajstić information content (AvgIpc) is 2.89. The molecule has 0 unspecified atom stereocenters. The van der Waals surface area contributed by atoms with E-state index >= 15 is 0 Å². The standard InChI is InChI=1S/C23H26N2/c1-16-7-11-22-21(13-16)20-10-6-17(2)14-23(20)25(22)12-4-5-19-9-8-18(3)24-15-19/h7-9,11,13,15H,2,4-6,10,12,14H2,1,3H3. The van der Waals surface area contributed by atoms with Crippen LogP contribution in [0.1, 0.15) is 40.9 Å². The van der Waals surface area contributed by atoms with Gasteiger partial charge in [0.05, 0.1) is 0 Å². The molecule has 0 amide bonds. The van der Waals surface area contributed by atoms with Crippen molar-refractivity contribution in [3.63, 3.8) is 0 Å². The van der Waals surface area contributed by atoms with Gasteiger partial charge in [-0.3, -0.25) is 4.98 Å². The maximum Gasteiger partial charge on any atom is 0.0485 e. The summed E-state index contributed by atoms with van der Waals surface area (Å²) in [6.07, 6.45) is 7.55. The van der Waals surface area contributed by atoms with Gasteiger partial charge >= 0.3 is 0 Å². The summed E-state index contributed by atoms with van der Waals surface area (Å²) in [4.78, 5) is 4.42. The monoisotopic (exact) mass is 330 g/mol. The minimum absolute atomic E-state index is 1.04. The van der Waals surface area contributed by atoms with Gasteiger partial charge < -0.3 is 4.57 Å². The van der Waals surface area contributed by atoms with Gasteiger partial charge in [-0.1, -0.05) is 29.8 Å². The molecule has 1 aliphatic carbocycles. The molecule has 0 N–H and O–H groups in total. The molecule has 0 aliphatic heterocycles. The Bertz CT molecular complexity index is 929. The second-order valence-electron chi connectivity index (χ2n) is 7.44. The van der Waals surface area contributed by atoms with Gasteiger partial charge in [-0.15, -0.1) is 0 Å². The van der Waals surface area contributed by atoms with E-state index in [0.717, 1.165) is 44.3 Å². The van der Waals surface area contributed by atoms with Gasteiger partial charge in [-0.25, -0.2) is 0 Å². The highest BCUT2D eigenvalue weighted by atomic mass is 15.0. The van der Waals surface area contributed by atoms with Gasteiger partial charge in [0.15, 0.2) is 0 Å². The van der Waals surface area contributed by atoms with Crippen LogP contribution in [0, 0.1) is 13.8 Å². The van der Waals surface area contributed by atoms with Crippen LogP contribution in [0.15, 0.2) is 48.7 Å². The smallest absolute Gasteiger partial charge is 0.0485 e. The lowest BCUT2D eigenvalue weighted by molar-refractivity contribution is 0.626. The summed E-state index contributed by atoms with van der Waals surface area (Å²) in [5.74, 6) is 0. The Labute approximate surface area is 150 Å². The highest BCUT2D eigenvalue weighted by molar-refractivity contribution is 5.86. The van der Waals surface area contributed by atoms with Gasteiger partial charge in [0.25, 0.3) is 0 Å². The van der Waals surface area contributed by atoms with Gasteiger partial charge in [-0.2, -0.15) is 0 Å². The van der Waals surface area contributed by atoms with Crippen LogP contribution in [-0.4, -0.2) is 9.55 Å². The lowest BCUT2D eigenvalue weighted by Gasteiger charge is -2.18. The number of allylic oxidation sites excluding steroid dienone is 1. The molecule has 1 aliphatic rings. The van der Waals surface area contributed by atoms with E-state index in [-0.39, 0.29) is 0 Å². The molecule has 0 radical (unpaired) electrons. The molecule has 25 heavy (non-hydrogen) atoms. The summed E-state index contributed by atoms with van der Waals surface area (Å²) in [5, 5.41) is 1.46. The number of aromatic nitrogens is 2. The second-order valence-corrected chi connectivity index (χ2v) is 7.44. The Hall–Kier alpha value is -2.35. The van der Waals surface area contributed by atoms with Crippen molar-refractivity contribution in [2.45, 2.75) is 52.5 Å². The Balaban J connectivity index is 1.63. The van der Waals surface area contributed by atoms with E-state index in [4.69, 9.17) is 0 Å². The van der Waals surface area contributed by atoms with Crippen LogP contribution in [0.25, 0.3) is 10.9 Å². The number of aryl methyl sites for hydroxylation is 5. The first-order valence-electron chi connectivity index (χ1n) is 9.30. The number of rotatable bonds is 4. The molecule has 2 aromatic heterocycles. The lowest BCUT2D eigenvalue weighted by atomic mass is 9.92. The van der Waals surface area contributed by atoms with E-state index in [1.54, 1.807) is 5.56 Å². The summed E-state index contributed by atoms with van der Waals surface area (Å²) in [6, 6.07) is 11.2. The maximum absolute atomic E-state index is 4.42. The fourth-order valence-corrected chi connectivity index (χ4v) is 4.04. The van der Waals surface area contributed by atoms with Crippen molar-refractivity contribution in [2.75, 3.05) is 0 Å². The van der Waals surface area contributed by atoms with Gasteiger partial charge in [0, 0.05) is 41.5 Å². The van der Waals surface area contributed by atoms with Gasteiger partial charge in [-0.05, 0) is 68.9 Å². The Morgan fingerprint density at radius 3 is 2.80 bits per heavy atom. The minimum Gasteiger partial charge on any atom is -0.344 e. The van der Waals surface area contributed by atoms with E-state index in [0.29, 0.717) is 0 Å². The molecule has 1 aromatic carbocycles. The summed E-state index contributed by atoms with van der Waals surface area (Å²) >= 11 is 0. The molecule has 0 saturated heterocycles. The topological polar surface area (TPSA) is 17.8 Å². The molecule has 0 saturated carbocycles. The summed E-state index contributed by atoms with van der Waals surface area (Å²) in [7, 11) is 0. The number of fused-ring (bicyclic) bond motifs is 3. The third kappa shape index (κ3) is 3.13. The first-order chi connectivity index (χ1) is 12.1. The van der Waals surface area contributed by atoms with Crippen LogP contribution >= 0.6 is 0 Å². The fourth-order valence-electron chi connectivity index (χ4n) is 4.04.